The Labute approximate surface area is 124 Å². The largest absolute Gasteiger partial charge is 0.383 e. The van der Waals surface area contributed by atoms with Gasteiger partial charge < -0.3 is 10.1 Å². The molecule has 0 spiro atoms. The van der Waals surface area contributed by atoms with Gasteiger partial charge in [-0.1, -0.05) is 35.1 Å². The van der Waals surface area contributed by atoms with E-state index in [2.05, 4.69) is 46.7 Å². The summed E-state index contributed by atoms with van der Waals surface area (Å²) in [6.07, 6.45) is 2.05. The van der Waals surface area contributed by atoms with E-state index in [9.17, 15) is 0 Å². The normalized spacial score (nSPS) is 10.9. The van der Waals surface area contributed by atoms with Gasteiger partial charge in [0.25, 0.3) is 0 Å². The molecule has 1 heterocycles. The van der Waals surface area contributed by atoms with Crippen LogP contribution in [0.2, 0.25) is 0 Å². The van der Waals surface area contributed by atoms with E-state index in [1.807, 2.05) is 0 Å². The van der Waals surface area contributed by atoms with Crippen LogP contribution < -0.4 is 5.32 Å². The lowest BCUT2D eigenvalue weighted by atomic mass is 10.1. The Morgan fingerprint density at radius 1 is 1.25 bits per heavy atom. The van der Waals surface area contributed by atoms with Crippen LogP contribution in [0.5, 0.6) is 0 Å². The summed E-state index contributed by atoms with van der Waals surface area (Å²) in [5.41, 5.74) is 2.41. The van der Waals surface area contributed by atoms with Gasteiger partial charge in [0.2, 0.25) is 0 Å². The van der Waals surface area contributed by atoms with Crippen molar-refractivity contribution >= 4 is 11.3 Å². The van der Waals surface area contributed by atoms with Gasteiger partial charge in [-0.05, 0) is 26.0 Å². The number of hydrogen-bond donors (Lipinski definition) is 1. The second kappa shape index (κ2) is 8.09. The van der Waals surface area contributed by atoms with Crippen LogP contribution in [0, 0.1) is 6.92 Å². The Kier molecular flexibility index (Phi) is 6.11. The molecule has 0 amide bonds. The van der Waals surface area contributed by atoms with E-state index in [4.69, 9.17) is 4.74 Å². The second-order valence-electron chi connectivity index (χ2n) is 4.72. The molecule has 0 unspecified atom stereocenters. The first kappa shape index (κ1) is 15.1. The molecule has 0 bridgehead atoms. The number of benzene rings is 1. The third-order valence-electron chi connectivity index (χ3n) is 2.96. The number of rotatable bonds is 8. The molecule has 4 nitrogen and oxygen atoms in total. The first-order valence-corrected chi connectivity index (χ1v) is 7.70. The van der Waals surface area contributed by atoms with Gasteiger partial charge in [0, 0.05) is 25.6 Å². The molecular weight excluding hydrogens is 270 g/mol. The third-order valence-corrected chi connectivity index (χ3v) is 3.99. The molecule has 108 valence electrons. The lowest BCUT2D eigenvalue weighted by Crippen LogP contribution is -2.20. The minimum Gasteiger partial charge on any atom is -0.383 e. The van der Waals surface area contributed by atoms with Gasteiger partial charge in [-0.3, -0.25) is 0 Å². The molecule has 0 radical (unpaired) electrons. The molecule has 0 saturated heterocycles. The molecule has 0 aliphatic carbocycles. The van der Waals surface area contributed by atoms with Crippen molar-refractivity contribution in [1.82, 2.24) is 15.5 Å². The van der Waals surface area contributed by atoms with E-state index in [1.165, 1.54) is 5.56 Å². The van der Waals surface area contributed by atoms with Crippen LogP contribution >= 0.6 is 11.3 Å². The van der Waals surface area contributed by atoms with Crippen molar-refractivity contribution in [3.8, 4) is 10.6 Å². The minimum atomic E-state index is 0.760. The highest BCUT2D eigenvalue weighted by Gasteiger charge is 2.06. The maximum absolute atomic E-state index is 4.99. The molecule has 5 heteroatoms. The minimum absolute atomic E-state index is 0.760. The van der Waals surface area contributed by atoms with Gasteiger partial charge in [-0.15, -0.1) is 10.2 Å². The Hall–Kier alpha value is -1.30. The van der Waals surface area contributed by atoms with Crippen molar-refractivity contribution in [2.45, 2.75) is 19.8 Å². The predicted octanol–water partition coefficient (Wildman–Crippen LogP) is 2.68. The van der Waals surface area contributed by atoms with E-state index in [1.54, 1.807) is 18.4 Å². The van der Waals surface area contributed by atoms with Crippen LogP contribution in [0.25, 0.3) is 10.6 Å². The molecule has 0 saturated carbocycles. The highest BCUT2D eigenvalue weighted by atomic mass is 32.1. The van der Waals surface area contributed by atoms with Crippen molar-refractivity contribution in [1.29, 1.82) is 0 Å². The molecule has 1 N–H and O–H groups in total. The average Bonchev–Trinajstić information content (AvgIpc) is 2.91. The van der Waals surface area contributed by atoms with Crippen molar-refractivity contribution in [3.63, 3.8) is 0 Å². The zero-order valence-corrected chi connectivity index (χ0v) is 12.9. The fourth-order valence-corrected chi connectivity index (χ4v) is 2.79. The fraction of sp³-hybridized carbons (Fsp3) is 0.467. The van der Waals surface area contributed by atoms with Crippen LogP contribution in [0.3, 0.4) is 0 Å². The Bertz CT molecular complexity index is 527. The number of methoxy groups -OCH3 is 1. The lowest BCUT2D eigenvalue weighted by Gasteiger charge is -2.01. The highest BCUT2D eigenvalue weighted by Crippen LogP contribution is 2.24. The van der Waals surface area contributed by atoms with Crippen LogP contribution in [0.15, 0.2) is 24.3 Å². The Morgan fingerprint density at radius 3 is 2.95 bits per heavy atom. The summed E-state index contributed by atoms with van der Waals surface area (Å²) >= 11 is 1.69. The standard InChI is InChI=1S/C15H21N3OS/c1-12-5-3-6-13(11-12)15-18-17-14(20-15)7-4-8-16-9-10-19-2/h3,5-6,11,16H,4,7-10H2,1-2H3. The first-order valence-electron chi connectivity index (χ1n) is 6.88. The second-order valence-corrected chi connectivity index (χ2v) is 5.78. The molecule has 0 atom stereocenters. The quantitative estimate of drug-likeness (QED) is 0.760. The number of aryl methyl sites for hydroxylation is 2. The molecule has 1 aromatic carbocycles. The zero-order valence-electron chi connectivity index (χ0n) is 12.1. The van der Waals surface area contributed by atoms with Gasteiger partial charge in [0.15, 0.2) is 0 Å². The summed E-state index contributed by atoms with van der Waals surface area (Å²) in [6, 6.07) is 8.39. The fourth-order valence-electron chi connectivity index (χ4n) is 1.91. The van der Waals surface area contributed by atoms with Crippen LogP contribution in [-0.4, -0.2) is 37.0 Å². The number of nitrogens with one attached hydrogen (secondary N) is 1. The van der Waals surface area contributed by atoms with Crippen molar-refractivity contribution in [3.05, 3.63) is 34.8 Å². The van der Waals surface area contributed by atoms with E-state index in [-0.39, 0.29) is 0 Å². The summed E-state index contributed by atoms with van der Waals surface area (Å²) in [5, 5.41) is 14.0. The number of hydrogen-bond acceptors (Lipinski definition) is 5. The van der Waals surface area contributed by atoms with Crippen molar-refractivity contribution in [2.75, 3.05) is 26.8 Å². The molecule has 2 aromatic rings. The predicted molar refractivity (Wildman–Crippen MR) is 83.1 cm³/mol. The number of ether oxygens (including phenoxy) is 1. The molecule has 20 heavy (non-hydrogen) atoms. The maximum atomic E-state index is 4.99. The smallest absolute Gasteiger partial charge is 0.147 e. The van der Waals surface area contributed by atoms with E-state index in [0.717, 1.165) is 48.1 Å². The van der Waals surface area contributed by atoms with Crippen LogP contribution in [0.1, 0.15) is 17.0 Å². The topological polar surface area (TPSA) is 47.0 Å². The van der Waals surface area contributed by atoms with E-state index in [0.29, 0.717) is 0 Å². The molecule has 0 fully saturated rings. The summed E-state index contributed by atoms with van der Waals surface area (Å²) in [7, 11) is 1.72. The molecule has 0 aliphatic rings. The van der Waals surface area contributed by atoms with E-state index >= 15 is 0 Å². The van der Waals surface area contributed by atoms with Gasteiger partial charge in [0.05, 0.1) is 6.61 Å². The summed E-state index contributed by atoms with van der Waals surface area (Å²) < 4.78 is 4.99. The van der Waals surface area contributed by atoms with Crippen LogP contribution in [-0.2, 0) is 11.2 Å². The lowest BCUT2D eigenvalue weighted by molar-refractivity contribution is 0.199. The number of nitrogens with zero attached hydrogens (tertiary/aromatic N) is 2. The number of aromatic nitrogens is 2. The first-order chi connectivity index (χ1) is 9.79. The third kappa shape index (κ3) is 4.67. The maximum Gasteiger partial charge on any atom is 0.147 e. The zero-order chi connectivity index (χ0) is 14.2. The SMILES string of the molecule is COCCNCCCc1nnc(-c2cccc(C)c2)s1. The molecule has 1 aromatic heterocycles. The van der Waals surface area contributed by atoms with Gasteiger partial charge >= 0.3 is 0 Å². The van der Waals surface area contributed by atoms with Crippen LogP contribution in [0.4, 0.5) is 0 Å². The molecule has 0 aliphatic heterocycles. The van der Waals surface area contributed by atoms with Gasteiger partial charge in [0.1, 0.15) is 10.0 Å². The summed E-state index contributed by atoms with van der Waals surface area (Å²) in [4.78, 5) is 0. The Balaban J connectivity index is 1.80. The summed E-state index contributed by atoms with van der Waals surface area (Å²) in [5.74, 6) is 0. The van der Waals surface area contributed by atoms with Gasteiger partial charge in [-0.2, -0.15) is 0 Å². The van der Waals surface area contributed by atoms with E-state index < -0.39 is 0 Å². The molecular formula is C15H21N3OS. The average molecular weight is 291 g/mol. The highest BCUT2D eigenvalue weighted by molar-refractivity contribution is 7.14. The van der Waals surface area contributed by atoms with Crippen molar-refractivity contribution < 1.29 is 4.74 Å². The molecule has 2 rings (SSSR count). The van der Waals surface area contributed by atoms with Gasteiger partial charge in [-0.25, -0.2) is 0 Å². The Morgan fingerprint density at radius 2 is 2.15 bits per heavy atom. The van der Waals surface area contributed by atoms with Crippen molar-refractivity contribution in [2.24, 2.45) is 0 Å². The summed E-state index contributed by atoms with van der Waals surface area (Å²) in [6.45, 7) is 4.75. The monoisotopic (exact) mass is 291 g/mol.